The van der Waals surface area contributed by atoms with Crippen LogP contribution in [-0.4, -0.2) is 77.5 Å². The van der Waals surface area contributed by atoms with Crippen molar-refractivity contribution >= 4 is 0 Å². The third kappa shape index (κ3) is 4.59. The normalized spacial score (nSPS) is 18.0. The molecule has 0 N–H and O–H groups in total. The van der Waals surface area contributed by atoms with Crippen molar-refractivity contribution in [2.45, 2.75) is 97.3 Å². The predicted molar refractivity (Wildman–Crippen MR) is 80.3 cm³/mol. The fraction of sp³-hybridized carbons (Fsp3) is 1.00. The van der Waals surface area contributed by atoms with Gasteiger partial charge >= 0.3 is 71.1 Å². The third-order valence-electron chi connectivity index (χ3n) is 5.35. The molecule has 0 radical (unpaired) electrons. The van der Waals surface area contributed by atoms with Gasteiger partial charge in [0, 0.05) is 6.42 Å². The van der Waals surface area contributed by atoms with Gasteiger partial charge in [-0.15, -0.1) is 0 Å². The third-order valence-corrected chi connectivity index (χ3v) is 5.35. The van der Waals surface area contributed by atoms with Gasteiger partial charge in [-0.25, -0.2) is 13.2 Å². The van der Waals surface area contributed by atoms with Crippen molar-refractivity contribution in [1.82, 2.24) is 0 Å². The summed E-state index contributed by atoms with van der Waals surface area (Å²) in [5, 5.41) is 0. The summed E-state index contributed by atoms with van der Waals surface area (Å²) in [6.07, 6.45) is -19.8. The summed E-state index contributed by atoms with van der Waals surface area (Å²) < 4.78 is 347. The minimum absolute atomic E-state index is 0.360. The summed E-state index contributed by atoms with van der Waals surface area (Å²) in [5.41, 5.74) is -9.36. The molecule has 0 aromatic carbocycles. The fourth-order valence-electron chi connectivity index (χ4n) is 2.79. The molecule has 0 spiro atoms. The quantitative estimate of drug-likeness (QED) is 0.169. The van der Waals surface area contributed by atoms with Gasteiger partial charge in [-0.05, 0) is 0 Å². The number of hydrogen-bond donors (Lipinski definition) is 0. The molecule has 42 heavy (non-hydrogen) atoms. The maximum Gasteiger partial charge on any atom is 0.460 e. The standard InChI is InChI=1S/C16H8F26/c1-2-3-5(19,20)7(22,23)10(28,29)11(30,31)8(24,25)6(21,4(17)18)9(26,27)12(32,33)13(34,35)14(36,37)15(38,39)16(40,41)42/h4H,2-3H2,1H3. The number of alkyl halides is 26. The maximum atomic E-state index is 14.3. The van der Waals surface area contributed by atoms with E-state index in [-0.39, 0.29) is 0 Å². The van der Waals surface area contributed by atoms with Crippen molar-refractivity contribution in [2.24, 2.45) is 0 Å². The monoisotopic (exact) mass is 694 g/mol. The van der Waals surface area contributed by atoms with Crippen LogP contribution < -0.4 is 0 Å². The molecule has 0 aliphatic heterocycles. The zero-order valence-electron chi connectivity index (χ0n) is 18.8. The second kappa shape index (κ2) is 10.1. The first-order valence-electron chi connectivity index (χ1n) is 9.57. The van der Waals surface area contributed by atoms with Gasteiger partial charge in [0.2, 0.25) is 0 Å². The first-order valence-corrected chi connectivity index (χ1v) is 9.57. The number of halogens is 26. The molecule has 0 saturated heterocycles. The second-order valence-corrected chi connectivity index (χ2v) is 8.13. The highest BCUT2D eigenvalue weighted by Crippen LogP contribution is 2.68. The van der Waals surface area contributed by atoms with E-state index in [0.717, 1.165) is 0 Å². The molecule has 0 amide bonds. The van der Waals surface area contributed by atoms with Gasteiger partial charge in [0.15, 0.2) is 0 Å². The molecule has 254 valence electrons. The SMILES string of the molecule is CCCC(F)(F)C(F)(F)C(F)(F)C(F)(F)C(F)(F)C(F)(C(F)F)C(F)(F)C(F)(F)C(F)(F)C(F)(F)C(F)(F)C(F)(F)F. The molecule has 0 aromatic heterocycles. The van der Waals surface area contributed by atoms with Crippen molar-refractivity contribution in [3.8, 4) is 0 Å². The van der Waals surface area contributed by atoms with E-state index in [1.165, 1.54) is 0 Å². The lowest BCUT2D eigenvalue weighted by Crippen LogP contribution is -2.81. The smallest absolute Gasteiger partial charge is 0.223 e. The average molecular weight is 694 g/mol. The molecule has 1 unspecified atom stereocenters. The first kappa shape index (κ1) is 40.2. The van der Waals surface area contributed by atoms with Gasteiger partial charge in [0.25, 0.3) is 6.43 Å². The van der Waals surface area contributed by atoms with Crippen LogP contribution in [0.5, 0.6) is 0 Å². The molecule has 0 bridgehead atoms. The Morgan fingerprint density at radius 1 is 0.357 bits per heavy atom. The molecule has 0 saturated carbocycles. The van der Waals surface area contributed by atoms with Crippen molar-refractivity contribution < 1.29 is 114 Å². The highest BCUT2D eigenvalue weighted by atomic mass is 19.4. The summed E-state index contributed by atoms with van der Waals surface area (Å²) >= 11 is 0. The van der Waals surface area contributed by atoms with E-state index >= 15 is 0 Å². The molecule has 0 fully saturated rings. The molecule has 0 rings (SSSR count). The lowest BCUT2D eigenvalue weighted by Gasteiger charge is -2.48. The number of rotatable bonds is 13. The molecule has 0 nitrogen and oxygen atoms in total. The average Bonchev–Trinajstić information content (AvgIpc) is 2.75. The van der Waals surface area contributed by atoms with E-state index in [1.54, 1.807) is 0 Å². The minimum atomic E-state index is -9.66. The van der Waals surface area contributed by atoms with Gasteiger partial charge < -0.3 is 0 Å². The van der Waals surface area contributed by atoms with Crippen molar-refractivity contribution in [3.05, 3.63) is 0 Å². The molecule has 0 aliphatic rings. The Morgan fingerprint density at radius 3 is 0.833 bits per heavy atom. The Morgan fingerprint density at radius 2 is 0.595 bits per heavy atom. The van der Waals surface area contributed by atoms with Crippen LogP contribution in [0.3, 0.4) is 0 Å². The van der Waals surface area contributed by atoms with Crippen LogP contribution in [0.25, 0.3) is 0 Å². The Hall–Kier alpha value is -1.82. The van der Waals surface area contributed by atoms with Gasteiger partial charge in [-0.1, -0.05) is 13.3 Å². The fourth-order valence-corrected chi connectivity index (χ4v) is 2.79. The van der Waals surface area contributed by atoms with E-state index in [9.17, 15) is 114 Å². The Kier molecular flexibility index (Phi) is 9.67. The van der Waals surface area contributed by atoms with Crippen molar-refractivity contribution in [2.75, 3.05) is 0 Å². The van der Waals surface area contributed by atoms with Gasteiger partial charge in [-0.2, -0.15) is 101 Å². The van der Waals surface area contributed by atoms with Gasteiger partial charge in [0.1, 0.15) is 0 Å². The summed E-state index contributed by atoms with van der Waals surface area (Å²) in [4.78, 5) is 0. The van der Waals surface area contributed by atoms with E-state index in [2.05, 4.69) is 0 Å². The van der Waals surface area contributed by atoms with Crippen molar-refractivity contribution in [3.63, 3.8) is 0 Å². The van der Waals surface area contributed by atoms with Crippen LogP contribution >= 0.6 is 0 Å². The van der Waals surface area contributed by atoms with E-state index in [0.29, 0.717) is 6.92 Å². The largest absolute Gasteiger partial charge is 0.460 e. The zero-order valence-corrected chi connectivity index (χ0v) is 18.8. The van der Waals surface area contributed by atoms with E-state index in [4.69, 9.17) is 0 Å². The highest BCUT2D eigenvalue weighted by molar-refractivity contribution is 5.23. The summed E-state index contributed by atoms with van der Waals surface area (Å²) in [6.45, 7) is 0.360. The predicted octanol–water partition coefficient (Wildman–Crippen LogP) is 9.68. The summed E-state index contributed by atoms with van der Waals surface area (Å²) in [5.74, 6) is -89.0. The molecular weight excluding hydrogens is 686 g/mol. The molecular formula is C16H8F26. The highest BCUT2D eigenvalue weighted by Gasteiger charge is 3.00. The zero-order chi connectivity index (χ0) is 35.0. The van der Waals surface area contributed by atoms with Crippen LogP contribution in [0.15, 0.2) is 0 Å². The van der Waals surface area contributed by atoms with Crippen molar-refractivity contribution in [1.29, 1.82) is 0 Å². The lowest BCUT2D eigenvalue weighted by atomic mass is 9.77. The van der Waals surface area contributed by atoms with Crippen LogP contribution in [0, 0.1) is 0 Å². The Balaban J connectivity index is 7.69. The number of hydrogen-bond acceptors (Lipinski definition) is 0. The molecule has 26 heteroatoms. The minimum Gasteiger partial charge on any atom is -0.223 e. The van der Waals surface area contributed by atoms with Crippen LogP contribution in [-0.2, 0) is 0 Å². The molecule has 0 aliphatic carbocycles. The first-order chi connectivity index (χ1) is 17.8. The molecule has 0 heterocycles. The van der Waals surface area contributed by atoms with E-state index < -0.39 is 90.3 Å². The van der Waals surface area contributed by atoms with Crippen LogP contribution in [0.1, 0.15) is 19.8 Å². The van der Waals surface area contributed by atoms with Gasteiger partial charge in [0.05, 0.1) is 0 Å². The summed E-state index contributed by atoms with van der Waals surface area (Å²) in [6, 6.07) is 0. The lowest BCUT2D eigenvalue weighted by molar-refractivity contribution is -0.474. The summed E-state index contributed by atoms with van der Waals surface area (Å²) in [7, 11) is 0. The van der Waals surface area contributed by atoms with Gasteiger partial charge in [-0.3, -0.25) is 0 Å². The Bertz CT molecular complexity index is 954. The Labute approximate surface area is 213 Å². The molecule has 0 aromatic rings. The topological polar surface area (TPSA) is 0 Å². The van der Waals surface area contributed by atoms with Crippen LogP contribution in [0.2, 0.25) is 0 Å². The van der Waals surface area contributed by atoms with Crippen LogP contribution in [0.4, 0.5) is 114 Å². The van der Waals surface area contributed by atoms with E-state index in [1.807, 2.05) is 0 Å². The second-order valence-electron chi connectivity index (χ2n) is 8.13. The molecule has 1 atom stereocenters. The maximum absolute atomic E-state index is 14.3.